The fraction of sp³-hybridized carbons (Fsp3) is 0.214. The number of amides is 1. The summed E-state index contributed by atoms with van der Waals surface area (Å²) in [5.74, 6) is 8.12. The molecule has 4 nitrogen and oxygen atoms in total. The van der Waals surface area contributed by atoms with Gasteiger partial charge in [0.05, 0.1) is 18.1 Å². The van der Waals surface area contributed by atoms with Crippen molar-refractivity contribution in [2.75, 3.05) is 11.1 Å². The van der Waals surface area contributed by atoms with E-state index in [0.717, 1.165) is 33.9 Å². The lowest BCUT2D eigenvalue weighted by molar-refractivity contribution is -0.115. The highest BCUT2D eigenvalue weighted by molar-refractivity contribution is 7.99. The van der Waals surface area contributed by atoms with Crippen LogP contribution >= 0.6 is 11.8 Å². The molecule has 2 aliphatic rings. The minimum atomic E-state index is -0.784. The van der Waals surface area contributed by atoms with Gasteiger partial charge in [0.2, 0.25) is 5.91 Å². The van der Waals surface area contributed by atoms with Gasteiger partial charge in [-0.1, -0.05) is 25.0 Å². The summed E-state index contributed by atoms with van der Waals surface area (Å²) in [6, 6.07) is 17.8. The van der Waals surface area contributed by atoms with E-state index in [9.17, 15) is 10.1 Å². The van der Waals surface area contributed by atoms with Crippen molar-refractivity contribution in [1.29, 1.82) is 5.26 Å². The van der Waals surface area contributed by atoms with Gasteiger partial charge >= 0.3 is 0 Å². The zero-order valence-corrected chi connectivity index (χ0v) is 19.5. The van der Waals surface area contributed by atoms with Gasteiger partial charge in [0.25, 0.3) is 0 Å². The van der Waals surface area contributed by atoms with Gasteiger partial charge < -0.3 is 10.1 Å². The van der Waals surface area contributed by atoms with Crippen LogP contribution in [-0.2, 0) is 16.0 Å². The van der Waals surface area contributed by atoms with Gasteiger partial charge in [0.15, 0.2) is 5.60 Å². The van der Waals surface area contributed by atoms with Crippen LogP contribution in [-0.4, -0.2) is 17.3 Å². The Hall–Kier alpha value is -3.67. The molecule has 1 amide bonds. The standard InChI is InChI=1S/C28H24N2O2S/c1-3-33-26-12-6-21(7-13-26)16-27(31)30-24-9-4-20(5-10-24)14-15-28(2)18-23-17-25(32-28)11-8-22(23)19-29/h4-13,18H,3,16-17H2,1-2H3,(H,30,31). The Morgan fingerprint density at radius 1 is 1.15 bits per heavy atom. The number of rotatable bonds is 5. The number of allylic oxidation sites excluding steroid dienone is 4. The second-order valence-electron chi connectivity index (χ2n) is 8.01. The van der Waals surface area contributed by atoms with E-state index in [2.05, 4.69) is 42.3 Å². The lowest BCUT2D eigenvalue weighted by atomic mass is 9.89. The monoisotopic (exact) mass is 452 g/mol. The topological polar surface area (TPSA) is 62.1 Å². The van der Waals surface area contributed by atoms with E-state index in [0.29, 0.717) is 18.4 Å². The summed E-state index contributed by atoms with van der Waals surface area (Å²) in [7, 11) is 0. The largest absolute Gasteiger partial charge is 0.475 e. The normalized spacial score (nSPS) is 18.4. The van der Waals surface area contributed by atoms with Crippen LogP contribution in [0, 0.1) is 23.2 Å². The number of carbonyl (C=O) groups excluding carboxylic acids is 1. The maximum atomic E-state index is 12.4. The zero-order valence-electron chi connectivity index (χ0n) is 18.6. The van der Waals surface area contributed by atoms with Crippen molar-refractivity contribution in [1.82, 2.24) is 0 Å². The molecule has 0 spiro atoms. The van der Waals surface area contributed by atoms with Gasteiger partial charge in [-0.25, -0.2) is 0 Å². The second-order valence-corrected chi connectivity index (χ2v) is 9.35. The van der Waals surface area contributed by atoms with Crippen LogP contribution in [0.5, 0.6) is 0 Å². The predicted octanol–water partition coefficient (Wildman–Crippen LogP) is 5.78. The van der Waals surface area contributed by atoms with Crippen molar-refractivity contribution in [3.8, 4) is 17.9 Å². The molecule has 4 rings (SSSR count). The number of hydrogen-bond donors (Lipinski definition) is 1. The van der Waals surface area contributed by atoms with E-state index in [4.69, 9.17) is 4.74 Å². The Balaban J connectivity index is 1.38. The van der Waals surface area contributed by atoms with Gasteiger partial charge in [0, 0.05) is 22.6 Å². The molecule has 2 aromatic carbocycles. The average molecular weight is 453 g/mol. The van der Waals surface area contributed by atoms with Crippen molar-refractivity contribution >= 4 is 23.4 Å². The van der Waals surface area contributed by atoms with E-state index >= 15 is 0 Å². The first-order valence-corrected chi connectivity index (χ1v) is 11.8. The van der Waals surface area contributed by atoms with Crippen LogP contribution < -0.4 is 5.32 Å². The molecule has 0 saturated carbocycles. The lowest BCUT2D eigenvalue weighted by Crippen LogP contribution is -2.29. The molecule has 2 bridgehead atoms. The first-order chi connectivity index (χ1) is 16.0. The first-order valence-electron chi connectivity index (χ1n) is 10.8. The van der Waals surface area contributed by atoms with Crippen molar-refractivity contribution in [2.45, 2.75) is 37.2 Å². The Labute approximate surface area is 199 Å². The summed E-state index contributed by atoms with van der Waals surface area (Å²) in [6.07, 6.45) is 6.51. The van der Waals surface area contributed by atoms with Crippen LogP contribution in [0.1, 0.15) is 31.4 Å². The van der Waals surface area contributed by atoms with Crippen LogP contribution in [0.3, 0.4) is 0 Å². The highest BCUT2D eigenvalue weighted by atomic mass is 32.2. The molecule has 0 aromatic heterocycles. The number of benzene rings is 2. The van der Waals surface area contributed by atoms with Crippen molar-refractivity contribution < 1.29 is 9.53 Å². The van der Waals surface area contributed by atoms with Crippen molar-refractivity contribution in [2.24, 2.45) is 0 Å². The fourth-order valence-corrected chi connectivity index (χ4v) is 4.38. The first kappa shape index (κ1) is 22.5. The molecular formula is C28H24N2O2S. The molecule has 1 atom stereocenters. The van der Waals surface area contributed by atoms with E-state index < -0.39 is 5.60 Å². The molecule has 1 aliphatic carbocycles. The van der Waals surface area contributed by atoms with Crippen LogP contribution in [0.25, 0.3) is 0 Å². The number of anilines is 1. The minimum absolute atomic E-state index is 0.0550. The molecule has 33 heavy (non-hydrogen) atoms. The minimum Gasteiger partial charge on any atom is -0.475 e. The summed E-state index contributed by atoms with van der Waals surface area (Å²) in [6.45, 7) is 4.02. The van der Waals surface area contributed by atoms with Crippen LogP contribution in [0.4, 0.5) is 5.69 Å². The van der Waals surface area contributed by atoms with Crippen LogP contribution in [0.2, 0.25) is 0 Å². The summed E-state index contributed by atoms with van der Waals surface area (Å²) in [4.78, 5) is 13.6. The van der Waals surface area contributed by atoms with Crippen molar-refractivity contribution in [3.05, 3.63) is 94.8 Å². The van der Waals surface area contributed by atoms with Gasteiger partial charge in [0.1, 0.15) is 5.76 Å². The van der Waals surface area contributed by atoms with E-state index in [1.165, 1.54) is 4.90 Å². The molecule has 1 aliphatic heterocycles. The highest BCUT2D eigenvalue weighted by Gasteiger charge is 2.30. The number of nitrogens with zero attached hydrogens (tertiary/aromatic N) is 1. The number of nitriles is 1. The van der Waals surface area contributed by atoms with Crippen molar-refractivity contribution in [3.63, 3.8) is 0 Å². The van der Waals surface area contributed by atoms with Gasteiger partial charge in [-0.2, -0.15) is 5.26 Å². The third kappa shape index (κ3) is 5.77. The SMILES string of the molecule is CCSc1ccc(CC(=O)Nc2ccc(C#CC3(C)C=C4CC(=CC=C4C#N)O3)cc2)cc1. The lowest BCUT2D eigenvalue weighted by Gasteiger charge is -2.31. The number of thioether (sulfide) groups is 1. The van der Waals surface area contributed by atoms with Gasteiger partial charge in [-0.15, -0.1) is 11.8 Å². The molecular weight excluding hydrogens is 428 g/mol. The third-order valence-corrected chi connectivity index (χ3v) is 6.18. The highest BCUT2D eigenvalue weighted by Crippen LogP contribution is 2.35. The molecule has 2 aromatic rings. The Morgan fingerprint density at radius 3 is 2.61 bits per heavy atom. The quantitative estimate of drug-likeness (QED) is 0.461. The average Bonchev–Trinajstić information content (AvgIpc) is 2.80. The molecule has 0 saturated heterocycles. The van der Waals surface area contributed by atoms with E-state index in [1.54, 1.807) is 17.8 Å². The summed E-state index contributed by atoms with van der Waals surface area (Å²) >= 11 is 1.78. The molecule has 5 heteroatoms. The summed E-state index contributed by atoms with van der Waals surface area (Å²) < 4.78 is 6.01. The molecule has 0 radical (unpaired) electrons. The fourth-order valence-electron chi connectivity index (χ4n) is 3.72. The molecule has 0 fully saturated rings. The Kier molecular flexibility index (Phi) is 6.73. The van der Waals surface area contributed by atoms with Crippen LogP contribution in [0.15, 0.2) is 88.6 Å². The van der Waals surface area contributed by atoms with Gasteiger partial charge in [-0.05, 0) is 84.4 Å². The molecule has 1 N–H and O–H groups in total. The maximum absolute atomic E-state index is 12.4. The number of ether oxygens (including phenoxy) is 1. The molecule has 1 heterocycles. The number of fused-ring (bicyclic) bond motifs is 2. The summed E-state index contributed by atoms with van der Waals surface area (Å²) in [5, 5.41) is 12.2. The predicted molar refractivity (Wildman–Crippen MR) is 132 cm³/mol. The maximum Gasteiger partial charge on any atom is 0.228 e. The number of carbonyl (C=O) groups is 1. The third-order valence-electron chi connectivity index (χ3n) is 5.28. The second kappa shape index (κ2) is 9.86. The molecule has 1 unspecified atom stereocenters. The van der Waals surface area contributed by atoms with Gasteiger partial charge in [-0.3, -0.25) is 4.79 Å². The Morgan fingerprint density at radius 2 is 1.91 bits per heavy atom. The van der Waals surface area contributed by atoms with E-state index in [-0.39, 0.29) is 5.91 Å². The molecule has 164 valence electrons. The Bertz CT molecular complexity index is 1250. The number of hydrogen-bond acceptors (Lipinski definition) is 4. The summed E-state index contributed by atoms with van der Waals surface area (Å²) in [5.41, 5.74) is 3.37. The number of nitrogens with one attached hydrogen (secondary N) is 1. The van der Waals surface area contributed by atoms with E-state index in [1.807, 2.05) is 55.5 Å². The smallest absolute Gasteiger partial charge is 0.228 e. The zero-order chi connectivity index (χ0) is 23.3.